The maximum Gasteiger partial charge on any atom is 0.472 e. The highest BCUT2D eigenvalue weighted by Crippen LogP contribution is 2.45. The summed E-state index contributed by atoms with van der Waals surface area (Å²) in [5.41, 5.74) is 0. The molecule has 17 nitrogen and oxygen atoms in total. The number of ether oxygens (including phenoxy) is 4. The van der Waals surface area contributed by atoms with E-state index in [1.165, 1.54) is 109 Å². The van der Waals surface area contributed by atoms with Crippen LogP contribution in [-0.2, 0) is 65.4 Å². The quantitative estimate of drug-likeness (QED) is 0.0222. The third-order valence-electron chi connectivity index (χ3n) is 14.8. The molecule has 0 aromatic carbocycles. The van der Waals surface area contributed by atoms with E-state index in [-0.39, 0.29) is 25.7 Å². The number of aliphatic hydroxyl groups is 1. The summed E-state index contributed by atoms with van der Waals surface area (Å²) in [4.78, 5) is 71.8. The van der Waals surface area contributed by atoms with E-state index in [0.717, 1.165) is 121 Å². The minimum atomic E-state index is -4.94. The fourth-order valence-electron chi connectivity index (χ4n) is 9.32. The van der Waals surface area contributed by atoms with Crippen LogP contribution < -0.4 is 0 Å². The molecule has 82 heavy (non-hydrogen) atoms. The molecular weight excluding hydrogens is 1090 g/mol. The van der Waals surface area contributed by atoms with Crippen molar-refractivity contribution in [2.75, 3.05) is 39.6 Å². The van der Waals surface area contributed by atoms with Crippen molar-refractivity contribution in [1.29, 1.82) is 0 Å². The maximum absolute atomic E-state index is 13.0. The number of esters is 4. The predicted octanol–water partition coefficient (Wildman–Crippen LogP) is 17.3. The van der Waals surface area contributed by atoms with Crippen molar-refractivity contribution in [2.24, 2.45) is 11.8 Å². The van der Waals surface area contributed by atoms with Gasteiger partial charge in [-0.05, 0) is 37.5 Å². The molecule has 0 bridgehead atoms. The largest absolute Gasteiger partial charge is 0.472 e. The third-order valence-corrected chi connectivity index (χ3v) is 16.7. The van der Waals surface area contributed by atoms with Crippen LogP contribution in [0.3, 0.4) is 0 Å². The molecule has 3 unspecified atom stereocenters. The lowest BCUT2D eigenvalue weighted by Gasteiger charge is -2.21. The van der Waals surface area contributed by atoms with Crippen LogP contribution in [0.5, 0.6) is 0 Å². The number of phosphoric acid groups is 2. The summed E-state index contributed by atoms with van der Waals surface area (Å²) in [6.07, 6.45) is 38.0. The molecule has 0 saturated heterocycles. The molecule has 0 aromatic rings. The van der Waals surface area contributed by atoms with Gasteiger partial charge in [0.1, 0.15) is 19.3 Å². The molecule has 0 heterocycles. The van der Waals surface area contributed by atoms with Gasteiger partial charge in [-0.3, -0.25) is 37.3 Å². The Morgan fingerprint density at radius 3 is 0.927 bits per heavy atom. The van der Waals surface area contributed by atoms with Crippen LogP contribution in [0.2, 0.25) is 0 Å². The molecule has 6 atom stereocenters. The summed E-state index contributed by atoms with van der Waals surface area (Å²) in [5.74, 6) is -0.554. The SMILES string of the molecule is CCCCCCCCCC(=O)O[C@H](COC(=O)CCCCCCC)COP(=O)(O)OC[C@H](O)COP(=O)(O)OC[C@@H](COC(=O)CCCCCCCCCCCCC(C)CC)OC(=O)CCCCCCCCCCCCCCCC(C)C. The Balaban J connectivity index is 5.15. The molecule has 0 radical (unpaired) electrons. The summed E-state index contributed by atoms with van der Waals surface area (Å²) in [5, 5.41) is 10.5. The summed E-state index contributed by atoms with van der Waals surface area (Å²) >= 11 is 0. The van der Waals surface area contributed by atoms with Crippen molar-refractivity contribution in [3.05, 3.63) is 0 Å². The molecular formula is C63H122O17P2. The summed E-state index contributed by atoms with van der Waals surface area (Å²) in [7, 11) is -9.87. The van der Waals surface area contributed by atoms with Gasteiger partial charge >= 0.3 is 39.5 Å². The summed E-state index contributed by atoms with van der Waals surface area (Å²) in [6, 6.07) is 0. The standard InChI is InChI=1S/C63H122O17P2/c1-7-10-12-14-26-35-41-47-62(67)79-58(51-73-60(65)45-39-31-13-11-8-2)53-77-81(69,70)75-49-57(64)50-76-82(71,72)78-54-59(52-74-61(66)46-40-34-29-24-21-20-23-28-33-38-44-56(6)9-3)80-63(68)48-42-36-30-25-19-17-15-16-18-22-27-32-37-43-55(4)5/h55-59,64H,7-54H2,1-6H3,(H,69,70)(H,71,72)/t56?,57-,58+,59+/m0/s1. The van der Waals surface area contributed by atoms with Crippen molar-refractivity contribution in [3.63, 3.8) is 0 Å². The number of carbonyl (C=O) groups excluding carboxylic acids is 4. The minimum Gasteiger partial charge on any atom is -0.462 e. The number of hydrogen-bond donors (Lipinski definition) is 3. The Bertz CT molecular complexity index is 1620. The van der Waals surface area contributed by atoms with Crippen LogP contribution in [0.4, 0.5) is 0 Å². The normalized spacial score (nSPS) is 14.7. The van der Waals surface area contributed by atoms with E-state index in [1.54, 1.807) is 0 Å². The number of aliphatic hydroxyl groups excluding tert-OH is 1. The van der Waals surface area contributed by atoms with Crippen LogP contribution in [0.1, 0.15) is 311 Å². The lowest BCUT2D eigenvalue weighted by molar-refractivity contribution is -0.161. The van der Waals surface area contributed by atoms with Gasteiger partial charge in [-0.2, -0.15) is 0 Å². The molecule has 0 saturated carbocycles. The highest BCUT2D eigenvalue weighted by atomic mass is 31.2. The molecule has 3 N–H and O–H groups in total. The fourth-order valence-corrected chi connectivity index (χ4v) is 10.9. The van der Waals surface area contributed by atoms with Gasteiger partial charge in [0.25, 0.3) is 0 Å². The monoisotopic (exact) mass is 1210 g/mol. The highest BCUT2D eigenvalue weighted by Gasteiger charge is 2.30. The van der Waals surface area contributed by atoms with Crippen LogP contribution in [0.25, 0.3) is 0 Å². The average molecular weight is 1210 g/mol. The molecule has 0 aliphatic heterocycles. The molecule has 0 amide bonds. The zero-order chi connectivity index (χ0) is 60.8. The Labute approximate surface area is 498 Å². The Kier molecular flexibility index (Phi) is 54.3. The first kappa shape index (κ1) is 80.1. The predicted molar refractivity (Wildman–Crippen MR) is 326 cm³/mol. The first-order valence-corrected chi connectivity index (χ1v) is 36.0. The number of rotatable bonds is 62. The molecule has 0 aliphatic carbocycles. The van der Waals surface area contributed by atoms with Gasteiger partial charge in [0.15, 0.2) is 12.2 Å². The Morgan fingerprint density at radius 2 is 0.622 bits per heavy atom. The highest BCUT2D eigenvalue weighted by molar-refractivity contribution is 7.47. The van der Waals surface area contributed by atoms with E-state index in [9.17, 15) is 43.2 Å². The second-order valence-electron chi connectivity index (χ2n) is 23.5. The molecule has 19 heteroatoms. The van der Waals surface area contributed by atoms with Crippen molar-refractivity contribution >= 4 is 39.5 Å². The molecule has 486 valence electrons. The smallest absolute Gasteiger partial charge is 0.462 e. The summed E-state index contributed by atoms with van der Waals surface area (Å²) in [6.45, 7) is 9.40. The number of unbranched alkanes of at least 4 members (excludes halogenated alkanes) is 31. The molecule has 0 spiro atoms. The number of hydrogen-bond acceptors (Lipinski definition) is 15. The van der Waals surface area contributed by atoms with Gasteiger partial charge in [0, 0.05) is 25.7 Å². The third kappa shape index (κ3) is 55.9. The van der Waals surface area contributed by atoms with Crippen LogP contribution in [-0.4, -0.2) is 96.7 Å². The van der Waals surface area contributed by atoms with E-state index < -0.39 is 97.5 Å². The molecule has 0 aromatic heterocycles. The van der Waals surface area contributed by atoms with Crippen LogP contribution in [0.15, 0.2) is 0 Å². The maximum atomic E-state index is 13.0. The van der Waals surface area contributed by atoms with E-state index in [4.69, 9.17) is 37.0 Å². The van der Waals surface area contributed by atoms with Crippen LogP contribution in [0, 0.1) is 11.8 Å². The van der Waals surface area contributed by atoms with Crippen molar-refractivity contribution in [1.82, 2.24) is 0 Å². The van der Waals surface area contributed by atoms with Crippen molar-refractivity contribution in [3.8, 4) is 0 Å². The first-order chi connectivity index (χ1) is 39.4. The number of phosphoric ester groups is 2. The zero-order valence-electron chi connectivity index (χ0n) is 52.8. The topological polar surface area (TPSA) is 237 Å². The van der Waals surface area contributed by atoms with Gasteiger partial charge in [-0.1, -0.05) is 260 Å². The summed E-state index contributed by atoms with van der Waals surface area (Å²) < 4.78 is 67.7. The molecule has 0 aliphatic rings. The van der Waals surface area contributed by atoms with Gasteiger partial charge in [-0.25, -0.2) is 9.13 Å². The lowest BCUT2D eigenvalue weighted by Crippen LogP contribution is -2.30. The second-order valence-corrected chi connectivity index (χ2v) is 26.4. The second kappa shape index (κ2) is 55.6. The van der Waals surface area contributed by atoms with E-state index in [2.05, 4.69) is 41.5 Å². The average Bonchev–Trinajstić information content (AvgIpc) is 3.44. The van der Waals surface area contributed by atoms with E-state index in [0.29, 0.717) is 25.7 Å². The van der Waals surface area contributed by atoms with Gasteiger partial charge in [0.2, 0.25) is 0 Å². The zero-order valence-corrected chi connectivity index (χ0v) is 54.6. The Hall–Kier alpha value is -1.94. The van der Waals surface area contributed by atoms with Gasteiger partial charge < -0.3 is 33.8 Å². The lowest BCUT2D eigenvalue weighted by atomic mass is 9.99. The Morgan fingerprint density at radius 1 is 0.354 bits per heavy atom. The van der Waals surface area contributed by atoms with Crippen LogP contribution >= 0.6 is 15.6 Å². The molecule has 0 rings (SSSR count). The van der Waals surface area contributed by atoms with Gasteiger partial charge in [0.05, 0.1) is 26.4 Å². The van der Waals surface area contributed by atoms with E-state index in [1.807, 2.05) is 0 Å². The van der Waals surface area contributed by atoms with E-state index >= 15 is 0 Å². The van der Waals surface area contributed by atoms with Crippen molar-refractivity contribution < 1.29 is 80.2 Å². The fraction of sp³-hybridized carbons (Fsp3) is 0.937. The van der Waals surface area contributed by atoms with Crippen molar-refractivity contribution in [2.45, 2.75) is 330 Å². The first-order valence-electron chi connectivity index (χ1n) is 33.0. The van der Waals surface area contributed by atoms with Gasteiger partial charge in [-0.15, -0.1) is 0 Å². The number of carbonyl (C=O) groups is 4. The molecule has 0 fully saturated rings. The minimum absolute atomic E-state index is 0.103.